The van der Waals surface area contributed by atoms with Crippen LogP contribution in [0.15, 0.2) is 42.5 Å². The number of carbonyl (C=O) groups is 2. The molecule has 130 valence electrons. The van der Waals surface area contributed by atoms with Crippen molar-refractivity contribution in [3.8, 4) is 0 Å². The van der Waals surface area contributed by atoms with Crippen molar-refractivity contribution >= 4 is 34.3 Å². The predicted molar refractivity (Wildman–Crippen MR) is 101 cm³/mol. The van der Waals surface area contributed by atoms with Gasteiger partial charge in [-0.2, -0.15) is 0 Å². The van der Waals surface area contributed by atoms with Gasteiger partial charge in [0.1, 0.15) is 6.04 Å². The van der Waals surface area contributed by atoms with E-state index in [1.54, 1.807) is 16.7 Å². The molecular weight excluding hydrogens is 332 g/mol. The van der Waals surface area contributed by atoms with E-state index in [4.69, 9.17) is 0 Å². The van der Waals surface area contributed by atoms with Crippen LogP contribution in [0.5, 0.6) is 0 Å². The van der Waals surface area contributed by atoms with E-state index in [1.165, 1.54) is 10.8 Å². The number of hydrogen-bond acceptors (Lipinski definition) is 3. The summed E-state index contributed by atoms with van der Waals surface area (Å²) in [6, 6.07) is 14.1. The maximum Gasteiger partial charge on any atom is 0.246 e. The van der Waals surface area contributed by atoms with Crippen LogP contribution in [0.3, 0.4) is 0 Å². The summed E-state index contributed by atoms with van der Waals surface area (Å²) in [6.45, 7) is 2.64. The van der Waals surface area contributed by atoms with Crippen molar-refractivity contribution in [1.29, 1.82) is 0 Å². The molecule has 5 heteroatoms. The summed E-state index contributed by atoms with van der Waals surface area (Å²) in [4.78, 5) is 28.7. The van der Waals surface area contributed by atoms with Gasteiger partial charge in [-0.25, -0.2) is 0 Å². The monoisotopic (exact) mass is 354 g/mol. The van der Waals surface area contributed by atoms with Crippen LogP contribution in [-0.4, -0.2) is 45.3 Å². The number of amides is 2. The van der Waals surface area contributed by atoms with Crippen LogP contribution in [0.2, 0.25) is 0 Å². The average molecular weight is 354 g/mol. The van der Waals surface area contributed by atoms with Crippen molar-refractivity contribution in [2.45, 2.75) is 37.2 Å². The molecule has 0 bridgehead atoms. The zero-order chi connectivity index (χ0) is 17.6. The van der Waals surface area contributed by atoms with Crippen LogP contribution >= 0.6 is 11.8 Å². The van der Waals surface area contributed by atoms with Gasteiger partial charge in [-0.3, -0.25) is 9.59 Å². The van der Waals surface area contributed by atoms with E-state index in [0.717, 1.165) is 12.0 Å². The molecule has 2 atom stereocenters. The zero-order valence-electron chi connectivity index (χ0n) is 14.6. The van der Waals surface area contributed by atoms with E-state index < -0.39 is 0 Å². The summed E-state index contributed by atoms with van der Waals surface area (Å²) in [6.07, 6.45) is 1.40. The molecule has 0 aliphatic carbocycles. The van der Waals surface area contributed by atoms with Crippen molar-refractivity contribution < 1.29 is 9.59 Å². The molecule has 0 N–H and O–H groups in total. The van der Waals surface area contributed by atoms with Gasteiger partial charge >= 0.3 is 0 Å². The lowest BCUT2D eigenvalue weighted by Gasteiger charge is -2.32. The number of benzene rings is 2. The zero-order valence-corrected chi connectivity index (χ0v) is 15.4. The van der Waals surface area contributed by atoms with Crippen molar-refractivity contribution in [3.63, 3.8) is 0 Å². The summed E-state index contributed by atoms with van der Waals surface area (Å²) >= 11 is 1.74. The number of carbonyl (C=O) groups excluding carboxylic acids is 2. The Bertz CT molecular complexity index is 847. The lowest BCUT2D eigenvalue weighted by Crippen LogP contribution is -2.50. The topological polar surface area (TPSA) is 40.6 Å². The van der Waals surface area contributed by atoms with Crippen LogP contribution in [0.4, 0.5) is 0 Å². The van der Waals surface area contributed by atoms with Crippen molar-refractivity contribution in [2.24, 2.45) is 0 Å². The van der Waals surface area contributed by atoms with Gasteiger partial charge in [0.2, 0.25) is 11.8 Å². The van der Waals surface area contributed by atoms with Gasteiger partial charge in [-0.05, 0) is 29.7 Å². The van der Waals surface area contributed by atoms with Crippen LogP contribution in [0, 0.1) is 0 Å². The summed E-state index contributed by atoms with van der Waals surface area (Å²) < 4.78 is 0. The minimum Gasteiger partial charge on any atom is -0.340 e. The Morgan fingerprint density at radius 2 is 2.04 bits per heavy atom. The Balaban J connectivity index is 1.56. The van der Waals surface area contributed by atoms with E-state index in [-0.39, 0.29) is 22.7 Å². The molecule has 0 saturated carbocycles. The summed E-state index contributed by atoms with van der Waals surface area (Å²) in [5, 5.41) is 2.35. The minimum absolute atomic E-state index is 0.0411. The lowest BCUT2D eigenvalue weighted by atomic mass is 10.0. The van der Waals surface area contributed by atoms with E-state index in [1.807, 2.05) is 30.1 Å². The van der Waals surface area contributed by atoms with E-state index in [2.05, 4.69) is 31.2 Å². The largest absolute Gasteiger partial charge is 0.340 e. The molecule has 0 spiro atoms. The first-order valence-corrected chi connectivity index (χ1v) is 9.66. The van der Waals surface area contributed by atoms with Crippen molar-refractivity contribution in [2.75, 3.05) is 12.8 Å². The first kappa shape index (κ1) is 16.5. The van der Waals surface area contributed by atoms with Crippen LogP contribution < -0.4 is 0 Å². The molecule has 2 amide bonds. The van der Waals surface area contributed by atoms with Gasteiger partial charge < -0.3 is 9.80 Å². The number of fused-ring (bicyclic) bond motifs is 2. The molecule has 2 aromatic carbocycles. The second-order valence-electron chi connectivity index (χ2n) is 7.10. The molecular formula is C20H22N2O2S. The number of likely N-dealkylation sites (N-methyl/N-ethyl adjacent to an activating group) is 1. The van der Waals surface area contributed by atoms with Crippen LogP contribution in [0.1, 0.15) is 25.3 Å². The third-order valence-corrected chi connectivity index (χ3v) is 6.90. The fraction of sp³-hybridized carbons (Fsp3) is 0.400. The molecule has 25 heavy (non-hydrogen) atoms. The SMILES string of the molecule is CN(Cc1cccc2ccccc12)C(=O)C1CSC2(C)CCC(=O)N12. The number of rotatable bonds is 3. The molecule has 2 heterocycles. The molecule has 0 radical (unpaired) electrons. The standard InChI is InChI=1S/C20H22N2O2S/c1-20-11-10-18(23)22(20)17(13-25-20)19(24)21(2)12-15-8-5-7-14-6-3-4-9-16(14)15/h3-9,17H,10-13H2,1-2H3. The first-order valence-electron chi connectivity index (χ1n) is 8.67. The molecule has 2 unspecified atom stereocenters. The number of hydrogen-bond donors (Lipinski definition) is 0. The number of thioether (sulfide) groups is 1. The van der Waals surface area contributed by atoms with Crippen LogP contribution in [0.25, 0.3) is 10.8 Å². The fourth-order valence-corrected chi connectivity index (χ4v) is 5.44. The maximum atomic E-state index is 13.0. The summed E-state index contributed by atoms with van der Waals surface area (Å²) in [5.74, 6) is 0.852. The van der Waals surface area contributed by atoms with E-state index in [9.17, 15) is 9.59 Å². The van der Waals surface area contributed by atoms with Gasteiger partial charge in [0.05, 0.1) is 4.87 Å². The highest BCUT2D eigenvalue weighted by Crippen LogP contribution is 2.47. The molecule has 4 nitrogen and oxygen atoms in total. The lowest BCUT2D eigenvalue weighted by molar-refractivity contribution is -0.143. The molecule has 2 saturated heterocycles. The third-order valence-electron chi connectivity index (χ3n) is 5.39. The minimum atomic E-state index is -0.329. The van der Waals surface area contributed by atoms with E-state index in [0.29, 0.717) is 18.7 Å². The molecule has 2 aliphatic rings. The maximum absolute atomic E-state index is 13.0. The first-order chi connectivity index (χ1) is 12.0. The van der Waals surface area contributed by atoms with Gasteiger partial charge in [0.25, 0.3) is 0 Å². The third kappa shape index (κ3) is 2.71. The van der Waals surface area contributed by atoms with Gasteiger partial charge in [0, 0.05) is 25.8 Å². The normalized spacial score (nSPS) is 25.4. The van der Waals surface area contributed by atoms with E-state index >= 15 is 0 Å². The highest BCUT2D eigenvalue weighted by molar-refractivity contribution is 8.01. The molecule has 0 aromatic heterocycles. The second kappa shape index (κ2) is 6.06. The number of nitrogens with zero attached hydrogens (tertiary/aromatic N) is 2. The van der Waals surface area contributed by atoms with Gasteiger partial charge in [-0.15, -0.1) is 11.8 Å². The highest BCUT2D eigenvalue weighted by atomic mass is 32.2. The smallest absolute Gasteiger partial charge is 0.246 e. The average Bonchev–Trinajstić information content (AvgIpc) is 3.11. The fourth-order valence-electron chi connectivity index (χ4n) is 4.02. The van der Waals surface area contributed by atoms with Gasteiger partial charge in [0.15, 0.2) is 0 Å². The van der Waals surface area contributed by atoms with Crippen LogP contribution in [-0.2, 0) is 16.1 Å². The Morgan fingerprint density at radius 3 is 2.88 bits per heavy atom. The van der Waals surface area contributed by atoms with Crippen molar-refractivity contribution in [3.05, 3.63) is 48.0 Å². The highest BCUT2D eigenvalue weighted by Gasteiger charge is 2.53. The predicted octanol–water partition coefficient (Wildman–Crippen LogP) is 3.25. The molecule has 2 aromatic rings. The Kier molecular flexibility index (Phi) is 3.99. The Morgan fingerprint density at radius 1 is 1.28 bits per heavy atom. The molecule has 4 rings (SSSR count). The second-order valence-corrected chi connectivity index (χ2v) is 8.60. The Hall–Kier alpha value is -2.01. The summed E-state index contributed by atoms with van der Waals surface area (Å²) in [7, 11) is 1.84. The molecule has 2 aliphatic heterocycles. The Labute approximate surface area is 152 Å². The summed E-state index contributed by atoms with van der Waals surface area (Å²) in [5.41, 5.74) is 1.13. The molecule has 2 fully saturated rings. The van der Waals surface area contributed by atoms with Crippen molar-refractivity contribution in [1.82, 2.24) is 9.80 Å². The quantitative estimate of drug-likeness (QED) is 0.849. The van der Waals surface area contributed by atoms with Gasteiger partial charge in [-0.1, -0.05) is 42.5 Å².